The van der Waals surface area contributed by atoms with Crippen LogP contribution in [0.4, 0.5) is 8.78 Å². The molecule has 94 valence electrons. The molecule has 0 saturated heterocycles. The first-order valence-electron chi connectivity index (χ1n) is 5.15. The Morgan fingerprint density at radius 2 is 1.67 bits per heavy atom. The predicted molar refractivity (Wildman–Crippen MR) is 68.9 cm³/mol. The molecular formula is C13H9Cl2F2N. The minimum absolute atomic E-state index is 0.0320. The monoisotopic (exact) mass is 287 g/mol. The number of rotatable bonds is 2. The first kappa shape index (κ1) is 13.3. The van der Waals surface area contributed by atoms with Crippen molar-refractivity contribution in [3.63, 3.8) is 0 Å². The molecule has 0 heterocycles. The van der Waals surface area contributed by atoms with Crippen molar-refractivity contribution in [1.82, 2.24) is 0 Å². The Balaban J connectivity index is 2.51. The zero-order valence-electron chi connectivity index (χ0n) is 9.13. The van der Waals surface area contributed by atoms with Gasteiger partial charge in [0.2, 0.25) is 0 Å². The lowest BCUT2D eigenvalue weighted by Gasteiger charge is -2.15. The van der Waals surface area contributed by atoms with Crippen molar-refractivity contribution in [2.45, 2.75) is 6.04 Å². The van der Waals surface area contributed by atoms with E-state index in [2.05, 4.69) is 0 Å². The molecule has 0 amide bonds. The number of hydrogen-bond donors (Lipinski definition) is 1. The predicted octanol–water partition coefficient (Wildman–Crippen LogP) is 4.32. The molecule has 2 N–H and O–H groups in total. The van der Waals surface area contributed by atoms with Gasteiger partial charge in [0.1, 0.15) is 11.6 Å². The Kier molecular flexibility index (Phi) is 3.85. The van der Waals surface area contributed by atoms with E-state index >= 15 is 0 Å². The van der Waals surface area contributed by atoms with Gasteiger partial charge in [0, 0.05) is 10.6 Å². The number of hydrogen-bond acceptors (Lipinski definition) is 1. The van der Waals surface area contributed by atoms with E-state index in [-0.39, 0.29) is 15.6 Å². The lowest BCUT2D eigenvalue weighted by Crippen LogP contribution is -2.14. The van der Waals surface area contributed by atoms with E-state index in [0.29, 0.717) is 5.56 Å². The lowest BCUT2D eigenvalue weighted by molar-refractivity contribution is 0.596. The zero-order chi connectivity index (χ0) is 13.3. The van der Waals surface area contributed by atoms with Crippen molar-refractivity contribution in [2.24, 2.45) is 5.73 Å². The standard InChI is InChI=1S/C13H9Cl2F2N/c14-10-5-4-7(16)6-9(10)13(18)8-2-1-3-11(15)12(8)17/h1-6,13H,18H2. The van der Waals surface area contributed by atoms with Crippen LogP contribution in [0.3, 0.4) is 0 Å². The quantitative estimate of drug-likeness (QED) is 0.875. The van der Waals surface area contributed by atoms with Gasteiger partial charge < -0.3 is 5.73 Å². The van der Waals surface area contributed by atoms with Gasteiger partial charge in [-0.1, -0.05) is 35.3 Å². The normalized spacial score (nSPS) is 12.5. The van der Waals surface area contributed by atoms with Crippen LogP contribution in [0.25, 0.3) is 0 Å². The summed E-state index contributed by atoms with van der Waals surface area (Å²) in [5, 5.41) is 0.249. The summed E-state index contributed by atoms with van der Waals surface area (Å²) in [6.45, 7) is 0. The SMILES string of the molecule is NC(c1cc(F)ccc1Cl)c1cccc(Cl)c1F. The maximum absolute atomic E-state index is 13.8. The molecule has 2 aromatic carbocycles. The highest BCUT2D eigenvalue weighted by atomic mass is 35.5. The molecule has 0 radical (unpaired) electrons. The van der Waals surface area contributed by atoms with Gasteiger partial charge in [-0.05, 0) is 29.8 Å². The minimum atomic E-state index is -0.869. The molecule has 5 heteroatoms. The third-order valence-corrected chi connectivity index (χ3v) is 3.25. The second-order valence-corrected chi connectivity index (χ2v) is 4.60. The van der Waals surface area contributed by atoms with Crippen molar-refractivity contribution in [2.75, 3.05) is 0 Å². The van der Waals surface area contributed by atoms with Crippen LogP contribution < -0.4 is 5.73 Å². The lowest BCUT2D eigenvalue weighted by atomic mass is 9.99. The van der Waals surface area contributed by atoms with Gasteiger partial charge in [-0.2, -0.15) is 0 Å². The molecule has 1 atom stereocenters. The largest absolute Gasteiger partial charge is 0.320 e. The van der Waals surface area contributed by atoms with Crippen LogP contribution in [-0.4, -0.2) is 0 Å². The number of nitrogens with two attached hydrogens (primary N) is 1. The van der Waals surface area contributed by atoms with Crippen molar-refractivity contribution in [3.8, 4) is 0 Å². The van der Waals surface area contributed by atoms with Gasteiger partial charge in [0.25, 0.3) is 0 Å². The topological polar surface area (TPSA) is 26.0 Å². The smallest absolute Gasteiger partial charge is 0.146 e. The molecule has 0 bridgehead atoms. The summed E-state index contributed by atoms with van der Waals surface area (Å²) >= 11 is 11.6. The van der Waals surface area contributed by atoms with Gasteiger partial charge >= 0.3 is 0 Å². The summed E-state index contributed by atoms with van der Waals surface area (Å²) in [7, 11) is 0. The van der Waals surface area contributed by atoms with Crippen LogP contribution in [0.5, 0.6) is 0 Å². The van der Waals surface area contributed by atoms with Gasteiger partial charge in [0.05, 0.1) is 11.1 Å². The van der Waals surface area contributed by atoms with E-state index in [9.17, 15) is 8.78 Å². The Bertz CT molecular complexity index is 585. The fraction of sp³-hybridized carbons (Fsp3) is 0.0769. The van der Waals surface area contributed by atoms with E-state index in [4.69, 9.17) is 28.9 Å². The molecule has 18 heavy (non-hydrogen) atoms. The second-order valence-electron chi connectivity index (χ2n) is 3.79. The van der Waals surface area contributed by atoms with Crippen molar-refractivity contribution in [3.05, 3.63) is 69.2 Å². The summed E-state index contributed by atoms with van der Waals surface area (Å²) in [6.07, 6.45) is 0. The molecule has 0 aliphatic heterocycles. The molecule has 1 nitrogen and oxygen atoms in total. The molecule has 0 aliphatic carbocycles. The molecule has 0 saturated carbocycles. The van der Waals surface area contributed by atoms with Crippen LogP contribution in [0.1, 0.15) is 17.2 Å². The maximum Gasteiger partial charge on any atom is 0.146 e. The number of halogens is 4. The summed E-state index contributed by atoms with van der Waals surface area (Å²) in [5.41, 5.74) is 6.40. The van der Waals surface area contributed by atoms with Gasteiger partial charge in [-0.25, -0.2) is 8.78 Å². The fourth-order valence-electron chi connectivity index (χ4n) is 1.68. The first-order valence-corrected chi connectivity index (χ1v) is 5.90. The average molecular weight is 288 g/mol. The van der Waals surface area contributed by atoms with Crippen LogP contribution in [0.2, 0.25) is 10.0 Å². The Hall–Kier alpha value is -1.16. The molecule has 1 unspecified atom stereocenters. The highest BCUT2D eigenvalue weighted by molar-refractivity contribution is 6.31. The third-order valence-electron chi connectivity index (χ3n) is 2.61. The van der Waals surface area contributed by atoms with Gasteiger partial charge in [0.15, 0.2) is 0 Å². The maximum atomic E-state index is 13.8. The Morgan fingerprint density at radius 1 is 0.944 bits per heavy atom. The van der Waals surface area contributed by atoms with Crippen molar-refractivity contribution >= 4 is 23.2 Å². The summed E-state index contributed by atoms with van der Waals surface area (Å²) in [4.78, 5) is 0. The summed E-state index contributed by atoms with van der Waals surface area (Å²) in [6, 6.07) is 7.41. The van der Waals surface area contributed by atoms with Crippen LogP contribution in [0, 0.1) is 11.6 Å². The van der Waals surface area contributed by atoms with Crippen LogP contribution >= 0.6 is 23.2 Å². The van der Waals surface area contributed by atoms with Crippen molar-refractivity contribution < 1.29 is 8.78 Å². The summed E-state index contributed by atoms with van der Waals surface area (Å²) in [5.74, 6) is -1.10. The molecular weight excluding hydrogens is 279 g/mol. The Labute approximate surface area is 113 Å². The van der Waals surface area contributed by atoms with E-state index < -0.39 is 17.7 Å². The molecule has 0 spiro atoms. The molecule has 2 aromatic rings. The highest BCUT2D eigenvalue weighted by Gasteiger charge is 2.18. The van der Waals surface area contributed by atoms with Crippen LogP contribution in [-0.2, 0) is 0 Å². The third kappa shape index (κ3) is 2.48. The highest BCUT2D eigenvalue weighted by Crippen LogP contribution is 2.30. The van der Waals surface area contributed by atoms with E-state index in [1.165, 1.54) is 30.3 Å². The Morgan fingerprint density at radius 3 is 2.39 bits per heavy atom. The van der Waals surface area contributed by atoms with Gasteiger partial charge in [-0.3, -0.25) is 0 Å². The average Bonchev–Trinajstić information content (AvgIpc) is 2.35. The molecule has 0 fully saturated rings. The summed E-state index contributed by atoms with van der Waals surface area (Å²) < 4.78 is 27.0. The molecule has 0 aliphatic rings. The fourth-order valence-corrected chi connectivity index (χ4v) is 2.10. The van der Waals surface area contributed by atoms with E-state index in [1.807, 2.05) is 0 Å². The van der Waals surface area contributed by atoms with E-state index in [1.54, 1.807) is 6.07 Å². The van der Waals surface area contributed by atoms with Gasteiger partial charge in [-0.15, -0.1) is 0 Å². The molecule has 0 aromatic heterocycles. The zero-order valence-corrected chi connectivity index (χ0v) is 10.6. The molecule has 2 rings (SSSR count). The minimum Gasteiger partial charge on any atom is -0.320 e. The van der Waals surface area contributed by atoms with E-state index in [0.717, 1.165) is 0 Å². The first-order chi connectivity index (χ1) is 8.50. The van der Waals surface area contributed by atoms with Crippen LogP contribution in [0.15, 0.2) is 36.4 Å². The second kappa shape index (κ2) is 5.22. The number of benzene rings is 2. The van der Waals surface area contributed by atoms with Crippen molar-refractivity contribution in [1.29, 1.82) is 0 Å².